The Morgan fingerprint density at radius 1 is 0.438 bits per heavy atom. The van der Waals surface area contributed by atoms with E-state index in [1.54, 1.807) is 0 Å². The third-order valence-corrected chi connectivity index (χ3v) is 9.50. The Bertz CT molecular complexity index is 2480. The fraction of sp³-hybridized carbons (Fsp3) is 0.0435. The molecular formula is C46H33NO. The quantitative estimate of drug-likeness (QED) is 0.185. The Balaban J connectivity index is 1.17. The first kappa shape index (κ1) is 28.1. The standard InChI is InChI=1S/C46H33NO/c1-3-10-32(11-4-1)34-18-23-38(24-19-34)47(39-25-20-36(21-26-39)42-17-9-15-35-14-7-8-16-41(35)42)40-27-29-46-44(31-40)43-30-37(22-28-45(43)48-46)33-12-5-2-6-13-33/h2-3,5-31H,1,4H2. The molecular weight excluding hydrogens is 583 g/mol. The molecule has 2 heteroatoms. The van der Waals surface area contributed by atoms with E-state index in [1.807, 2.05) is 0 Å². The van der Waals surface area contributed by atoms with Gasteiger partial charge in [0.2, 0.25) is 0 Å². The molecule has 1 aromatic heterocycles. The largest absolute Gasteiger partial charge is 0.456 e. The van der Waals surface area contributed by atoms with Gasteiger partial charge in [0.1, 0.15) is 11.2 Å². The van der Waals surface area contributed by atoms with Crippen LogP contribution in [0.15, 0.2) is 180 Å². The molecule has 0 saturated carbocycles. The maximum absolute atomic E-state index is 6.34. The van der Waals surface area contributed by atoms with E-state index >= 15 is 0 Å². The van der Waals surface area contributed by atoms with Gasteiger partial charge in [-0.1, -0.05) is 121 Å². The number of anilines is 3. The van der Waals surface area contributed by atoms with Crippen LogP contribution in [0.2, 0.25) is 0 Å². The molecule has 0 fully saturated rings. The Labute approximate surface area is 280 Å². The molecule has 0 N–H and O–H groups in total. The summed E-state index contributed by atoms with van der Waals surface area (Å²) in [6.45, 7) is 0. The van der Waals surface area contributed by atoms with E-state index in [-0.39, 0.29) is 0 Å². The van der Waals surface area contributed by atoms with Crippen LogP contribution in [0.3, 0.4) is 0 Å². The summed E-state index contributed by atoms with van der Waals surface area (Å²) in [6, 6.07) is 56.6. The minimum Gasteiger partial charge on any atom is -0.456 e. The van der Waals surface area contributed by atoms with Gasteiger partial charge in [-0.25, -0.2) is 0 Å². The van der Waals surface area contributed by atoms with Gasteiger partial charge in [0.15, 0.2) is 0 Å². The average Bonchev–Trinajstić information content (AvgIpc) is 3.53. The first-order valence-corrected chi connectivity index (χ1v) is 16.7. The third-order valence-electron chi connectivity index (χ3n) is 9.50. The van der Waals surface area contributed by atoms with Gasteiger partial charge in [0.25, 0.3) is 0 Å². The molecule has 228 valence electrons. The molecule has 7 aromatic carbocycles. The molecule has 8 aromatic rings. The first-order chi connectivity index (χ1) is 23.8. The van der Waals surface area contributed by atoms with Crippen molar-refractivity contribution < 1.29 is 4.42 Å². The Hall–Kier alpha value is -6.12. The number of fused-ring (bicyclic) bond motifs is 4. The average molecular weight is 616 g/mol. The first-order valence-electron chi connectivity index (χ1n) is 16.7. The smallest absolute Gasteiger partial charge is 0.135 e. The number of rotatable bonds is 6. The minimum atomic E-state index is 0.886. The van der Waals surface area contributed by atoms with Crippen LogP contribution < -0.4 is 4.90 Å². The zero-order valence-corrected chi connectivity index (χ0v) is 26.5. The van der Waals surface area contributed by atoms with E-state index in [9.17, 15) is 0 Å². The van der Waals surface area contributed by atoms with E-state index in [0.717, 1.165) is 51.8 Å². The maximum atomic E-state index is 6.34. The van der Waals surface area contributed by atoms with E-state index in [0.29, 0.717) is 0 Å². The van der Waals surface area contributed by atoms with Crippen molar-refractivity contribution in [2.75, 3.05) is 4.90 Å². The molecule has 0 aliphatic heterocycles. The summed E-state index contributed by atoms with van der Waals surface area (Å²) >= 11 is 0. The predicted molar refractivity (Wildman–Crippen MR) is 203 cm³/mol. The van der Waals surface area contributed by atoms with Crippen molar-refractivity contribution in [3.05, 3.63) is 182 Å². The Kier molecular flexibility index (Phi) is 6.98. The van der Waals surface area contributed by atoms with Crippen LogP contribution in [0.1, 0.15) is 18.4 Å². The number of furan rings is 1. The van der Waals surface area contributed by atoms with Crippen LogP contribution in [0.5, 0.6) is 0 Å². The lowest BCUT2D eigenvalue weighted by atomic mass is 9.97. The van der Waals surface area contributed by atoms with Crippen molar-refractivity contribution >= 4 is 55.3 Å². The van der Waals surface area contributed by atoms with Crippen LogP contribution in [-0.4, -0.2) is 0 Å². The number of benzene rings is 7. The summed E-state index contributed by atoms with van der Waals surface area (Å²) in [5.41, 5.74) is 12.4. The van der Waals surface area contributed by atoms with Gasteiger partial charge in [-0.2, -0.15) is 0 Å². The molecule has 0 unspecified atom stereocenters. The molecule has 1 aliphatic carbocycles. The van der Waals surface area contributed by atoms with Crippen LogP contribution in [0.4, 0.5) is 17.1 Å². The van der Waals surface area contributed by atoms with Crippen LogP contribution >= 0.6 is 0 Å². The summed E-state index contributed by atoms with van der Waals surface area (Å²) in [7, 11) is 0. The molecule has 9 rings (SSSR count). The van der Waals surface area contributed by atoms with E-state index in [2.05, 4.69) is 181 Å². The fourth-order valence-corrected chi connectivity index (χ4v) is 7.06. The minimum absolute atomic E-state index is 0.886. The predicted octanol–water partition coefficient (Wildman–Crippen LogP) is 13.3. The van der Waals surface area contributed by atoms with Crippen molar-refractivity contribution in [2.45, 2.75) is 12.8 Å². The van der Waals surface area contributed by atoms with Crippen molar-refractivity contribution in [1.82, 2.24) is 0 Å². The molecule has 2 nitrogen and oxygen atoms in total. The Morgan fingerprint density at radius 3 is 1.85 bits per heavy atom. The zero-order chi connectivity index (χ0) is 31.9. The molecule has 48 heavy (non-hydrogen) atoms. The molecule has 0 bridgehead atoms. The van der Waals surface area contributed by atoms with E-state index in [1.165, 1.54) is 44.2 Å². The summed E-state index contributed by atoms with van der Waals surface area (Å²) < 4.78 is 6.34. The van der Waals surface area contributed by atoms with Crippen molar-refractivity contribution in [3.63, 3.8) is 0 Å². The van der Waals surface area contributed by atoms with Gasteiger partial charge in [-0.15, -0.1) is 0 Å². The summed E-state index contributed by atoms with van der Waals surface area (Å²) in [6.07, 6.45) is 9.04. The number of nitrogens with zero attached hydrogens (tertiary/aromatic N) is 1. The van der Waals surface area contributed by atoms with Gasteiger partial charge in [-0.3, -0.25) is 0 Å². The van der Waals surface area contributed by atoms with E-state index in [4.69, 9.17) is 4.42 Å². The summed E-state index contributed by atoms with van der Waals surface area (Å²) in [4.78, 5) is 2.35. The molecule has 0 radical (unpaired) electrons. The number of hydrogen-bond donors (Lipinski definition) is 0. The molecule has 0 atom stereocenters. The Morgan fingerprint density at radius 2 is 1.08 bits per heavy atom. The number of allylic oxidation sites excluding steroid dienone is 4. The topological polar surface area (TPSA) is 16.4 Å². The zero-order valence-electron chi connectivity index (χ0n) is 26.5. The molecule has 1 heterocycles. The highest BCUT2D eigenvalue weighted by atomic mass is 16.3. The third kappa shape index (κ3) is 5.09. The second-order valence-corrected chi connectivity index (χ2v) is 12.5. The lowest BCUT2D eigenvalue weighted by Crippen LogP contribution is -2.10. The molecule has 0 saturated heterocycles. The lowest BCUT2D eigenvalue weighted by molar-refractivity contribution is 0.669. The SMILES string of the molecule is C1=CC(c2ccc(N(c3ccc(-c4cccc5ccccc45)cc3)c3ccc4oc5ccc(-c6ccccc6)cc5c4c3)cc2)=CCC1. The molecule has 0 amide bonds. The van der Waals surface area contributed by atoms with Gasteiger partial charge in [0.05, 0.1) is 0 Å². The highest BCUT2D eigenvalue weighted by Gasteiger charge is 2.17. The molecule has 0 spiro atoms. The normalized spacial score (nSPS) is 12.9. The highest BCUT2D eigenvalue weighted by Crippen LogP contribution is 2.41. The van der Waals surface area contributed by atoms with Crippen molar-refractivity contribution in [3.8, 4) is 22.3 Å². The van der Waals surface area contributed by atoms with Gasteiger partial charge in [-0.05, 0) is 112 Å². The van der Waals surface area contributed by atoms with Crippen LogP contribution in [0.25, 0.3) is 60.5 Å². The number of hydrogen-bond acceptors (Lipinski definition) is 2. The van der Waals surface area contributed by atoms with E-state index < -0.39 is 0 Å². The summed E-state index contributed by atoms with van der Waals surface area (Å²) in [5, 5.41) is 4.73. The van der Waals surface area contributed by atoms with Crippen molar-refractivity contribution in [1.29, 1.82) is 0 Å². The molecule has 1 aliphatic rings. The summed E-state index contributed by atoms with van der Waals surface area (Å²) in [5.74, 6) is 0. The maximum Gasteiger partial charge on any atom is 0.135 e. The van der Waals surface area contributed by atoms with Crippen LogP contribution in [0, 0.1) is 0 Å². The second-order valence-electron chi connectivity index (χ2n) is 12.5. The monoisotopic (exact) mass is 615 g/mol. The van der Waals surface area contributed by atoms with Gasteiger partial charge in [0, 0.05) is 27.8 Å². The van der Waals surface area contributed by atoms with Crippen LogP contribution in [-0.2, 0) is 0 Å². The van der Waals surface area contributed by atoms with Gasteiger partial charge >= 0.3 is 0 Å². The highest BCUT2D eigenvalue weighted by molar-refractivity contribution is 6.08. The van der Waals surface area contributed by atoms with Crippen molar-refractivity contribution in [2.24, 2.45) is 0 Å². The fourth-order valence-electron chi connectivity index (χ4n) is 7.06. The lowest BCUT2D eigenvalue weighted by Gasteiger charge is -2.26. The second kappa shape index (κ2) is 11.9. The van der Waals surface area contributed by atoms with Gasteiger partial charge < -0.3 is 9.32 Å².